The second-order valence-corrected chi connectivity index (χ2v) is 4.42. The van der Waals surface area contributed by atoms with E-state index in [1.165, 1.54) is 18.4 Å². The topological polar surface area (TPSA) is 42.2 Å². The lowest BCUT2D eigenvalue weighted by molar-refractivity contribution is 0.317. The number of nitrogens with zero attached hydrogens (tertiary/aromatic N) is 2. The molecule has 2 rings (SSSR count). The second-order valence-electron chi connectivity index (χ2n) is 4.06. The monoisotopic (exact) mass is 225 g/mol. The van der Waals surface area contributed by atoms with Crippen molar-refractivity contribution in [2.45, 2.75) is 25.4 Å². The fourth-order valence-electron chi connectivity index (χ4n) is 2.17. The number of hydrogen-bond donors (Lipinski definition) is 1. The van der Waals surface area contributed by atoms with E-state index in [1.807, 2.05) is 6.20 Å². The summed E-state index contributed by atoms with van der Waals surface area (Å²) in [6.07, 6.45) is 4.32. The molecule has 3 nitrogen and oxygen atoms in total. The summed E-state index contributed by atoms with van der Waals surface area (Å²) < 4.78 is 0. The van der Waals surface area contributed by atoms with Gasteiger partial charge in [0.05, 0.1) is 0 Å². The molecule has 2 heterocycles. The van der Waals surface area contributed by atoms with E-state index >= 15 is 0 Å². The van der Waals surface area contributed by atoms with Crippen molar-refractivity contribution in [1.82, 2.24) is 9.88 Å². The van der Waals surface area contributed by atoms with Gasteiger partial charge in [-0.1, -0.05) is 11.6 Å². The molecular weight excluding hydrogens is 210 g/mol. The number of nitrogens with two attached hydrogens (primary N) is 1. The summed E-state index contributed by atoms with van der Waals surface area (Å²) in [5, 5.41) is 0.530. The Hall–Kier alpha value is -0.640. The van der Waals surface area contributed by atoms with E-state index in [4.69, 9.17) is 17.3 Å². The standard InChI is InChI=1S/C11H16ClN3/c1-15-4-2-3-10(15)9-5-8(6-13)11(12)14-7-9/h5,7,10H,2-4,6,13H2,1H3. The van der Waals surface area contributed by atoms with E-state index in [2.05, 4.69) is 23.0 Å². The van der Waals surface area contributed by atoms with Crippen molar-refractivity contribution in [3.8, 4) is 0 Å². The van der Waals surface area contributed by atoms with E-state index in [0.717, 1.165) is 12.1 Å². The average molecular weight is 226 g/mol. The highest BCUT2D eigenvalue weighted by atomic mass is 35.5. The molecule has 0 aliphatic carbocycles. The van der Waals surface area contributed by atoms with Gasteiger partial charge in [-0.25, -0.2) is 4.98 Å². The van der Waals surface area contributed by atoms with Gasteiger partial charge < -0.3 is 5.73 Å². The number of halogens is 1. The zero-order valence-electron chi connectivity index (χ0n) is 8.91. The molecule has 1 unspecified atom stereocenters. The zero-order chi connectivity index (χ0) is 10.8. The molecule has 2 N–H and O–H groups in total. The number of aromatic nitrogens is 1. The maximum atomic E-state index is 5.93. The average Bonchev–Trinajstić information content (AvgIpc) is 2.65. The van der Waals surface area contributed by atoms with E-state index in [9.17, 15) is 0 Å². The van der Waals surface area contributed by atoms with Gasteiger partial charge in [0.25, 0.3) is 0 Å². The summed E-state index contributed by atoms with van der Waals surface area (Å²) in [6, 6.07) is 2.57. The van der Waals surface area contributed by atoms with Gasteiger partial charge in [0.2, 0.25) is 0 Å². The Morgan fingerprint density at radius 3 is 3.07 bits per heavy atom. The molecule has 0 amide bonds. The minimum atomic E-state index is 0.454. The fraction of sp³-hybridized carbons (Fsp3) is 0.545. The van der Waals surface area contributed by atoms with Crippen molar-refractivity contribution in [3.63, 3.8) is 0 Å². The highest BCUT2D eigenvalue weighted by molar-refractivity contribution is 6.30. The molecule has 1 saturated heterocycles. The number of likely N-dealkylation sites (tertiary alicyclic amines) is 1. The third-order valence-electron chi connectivity index (χ3n) is 3.06. The van der Waals surface area contributed by atoms with Crippen LogP contribution in [0.2, 0.25) is 5.15 Å². The summed E-state index contributed by atoms with van der Waals surface area (Å²) in [5.41, 5.74) is 7.79. The van der Waals surface area contributed by atoms with Crippen molar-refractivity contribution < 1.29 is 0 Å². The van der Waals surface area contributed by atoms with Gasteiger partial charge >= 0.3 is 0 Å². The summed E-state index contributed by atoms with van der Waals surface area (Å²) in [5.74, 6) is 0. The first-order valence-corrected chi connectivity index (χ1v) is 5.65. The van der Waals surface area contributed by atoms with Crippen LogP contribution in [-0.4, -0.2) is 23.5 Å². The normalized spacial score (nSPS) is 22.2. The Kier molecular flexibility index (Phi) is 3.24. The molecule has 1 atom stereocenters. The lowest BCUT2D eigenvalue weighted by Gasteiger charge is -2.20. The van der Waals surface area contributed by atoms with Crippen molar-refractivity contribution in [1.29, 1.82) is 0 Å². The Balaban J connectivity index is 2.28. The third kappa shape index (κ3) is 2.14. The number of pyridine rings is 1. The molecular formula is C11H16ClN3. The molecule has 15 heavy (non-hydrogen) atoms. The van der Waals surface area contributed by atoms with Gasteiger partial charge in [-0.2, -0.15) is 0 Å². The maximum Gasteiger partial charge on any atom is 0.133 e. The maximum absolute atomic E-state index is 5.93. The van der Waals surface area contributed by atoms with Crippen LogP contribution >= 0.6 is 11.6 Å². The molecule has 0 radical (unpaired) electrons. The van der Waals surface area contributed by atoms with Crippen LogP contribution in [0.4, 0.5) is 0 Å². The first kappa shape index (κ1) is 10.9. The highest BCUT2D eigenvalue weighted by Gasteiger charge is 2.23. The SMILES string of the molecule is CN1CCCC1c1cnc(Cl)c(CN)c1. The molecule has 0 aromatic carbocycles. The number of hydrogen-bond acceptors (Lipinski definition) is 3. The first-order valence-electron chi connectivity index (χ1n) is 5.27. The zero-order valence-corrected chi connectivity index (χ0v) is 9.67. The molecule has 1 fully saturated rings. The van der Waals surface area contributed by atoms with Crippen molar-refractivity contribution in [3.05, 3.63) is 28.5 Å². The van der Waals surface area contributed by atoms with Crippen LogP contribution in [0.3, 0.4) is 0 Å². The predicted octanol–water partition coefficient (Wildman–Crippen LogP) is 1.96. The molecule has 82 valence electrons. The molecule has 1 aromatic rings. The number of rotatable bonds is 2. The molecule has 1 aliphatic heterocycles. The summed E-state index contributed by atoms with van der Waals surface area (Å²) in [7, 11) is 2.15. The molecule has 1 aromatic heterocycles. The molecule has 0 saturated carbocycles. The van der Waals surface area contributed by atoms with Crippen LogP contribution in [0.15, 0.2) is 12.3 Å². The molecule has 0 spiro atoms. The van der Waals surface area contributed by atoms with Crippen LogP contribution < -0.4 is 5.73 Å². The van der Waals surface area contributed by atoms with Crippen LogP contribution in [0.5, 0.6) is 0 Å². The lowest BCUT2D eigenvalue weighted by atomic mass is 10.1. The summed E-state index contributed by atoms with van der Waals surface area (Å²) in [4.78, 5) is 6.54. The Bertz CT molecular complexity index is 354. The Labute approximate surface area is 95.2 Å². The summed E-state index contributed by atoms with van der Waals surface area (Å²) in [6.45, 7) is 1.61. The van der Waals surface area contributed by atoms with Gasteiger partial charge in [-0.15, -0.1) is 0 Å². The first-order chi connectivity index (χ1) is 7.22. The smallest absolute Gasteiger partial charge is 0.133 e. The largest absolute Gasteiger partial charge is 0.326 e. The van der Waals surface area contributed by atoms with Crippen molar-refractivity contribution in [2.24, 2.45) is 5.73 Å². The minimum Gasteiger partial charge on any atom is -0.326 e. The molecule has 1 aliphatic rings. The highest BCUT2D eigenvalue weighted by Crippen LogP contribution is 2.31. The fourth-order valence-corrected chi connectivity index (χ4v) is 2.35. The Morgan fingerprint density at radius 1 is 1.67 bits per heavy atom. The molecule has 0 bridgehead atoms. The minimum absolute atomic E-state index is 0.454. The van der Waals surface area contributed by atoms with Crippen LogP contribution in [-0.2, 0) is 6.54 Å². The Morgan fingerprint density at radius 2 is 2.47 bits per heavy atom. The van der Waals surface area contributed by atoms with Gasteiger partial charge in [-0.3, -0.25) is 4.90 Å². The van der Waals surface area contributed by atoms with Gasteiger partial charge in [0.1, 0.15) is 5.15 Å². The third-order valence-corrected chi connectivity index (χ3v) is 3.40. The van der Waals surface area contributed by atoms with Crippen LogP contribution in [0.1, 0.15) is 30.0 Å². The second kappa shape index (κ2) is 4.47. The molecule has 4 heteroatoms. The van der Waals surface area contributed by atoms with Crippen LogP contribution in [0.25, 0.3) is 0 Å². The summed E-state index contributed by atoms with van der Waals surface area (Å²) >= 11 is 5.93. The van der Waals surface area contributed by atoms with E-state index in [-0.39, 0.29) is 0 Å². The van der Waals surface area contributed by atoms with Crippen molar-refractivity contribution in [2.75, 3.05) is 13.6 Å². The van der Waals surface area contributed by atoms with Gasteiger partial charge in [0.15, 0.2) is 0 Å². The lowest BCUT2D eigenvalue weighted by Crippen LogP contribution is -2.18. The van der Waals surface area contributed by atoms with Crippen LogP contribution in [0, 0.1) is 0 Å². The predicted molar refractivity (Wildman–Crippen MR) is 61.7 cm³/mol. The van der Waals surface area contributed by atoms with E-state index in [0.29, 0.717) is 17.7 Å². The van der Waals surface area contributed by atoms with Gasteiger partial charge in [0, 0.05) is 24.3 Å². The quantitative estimate of drug-likeness (QED) is 0.783. The van der Waals surface area contributed by atoms with Crippen molar-refractivity contribution >= 4 is 11.6 Å². The van der Waals surface area contributed by atoms with E-state index in [1.54, 1.807) is 0 Å². The van der Waals surface area contributed by atoms with E-state index < -0.39 is 0 Å². The van der Waals surface area contributed by atoms with Gasteiger partial charge in [-0.05, 0) is 38.1 Å².